The minimum Gasteiger partial charge on any atom is -0.494 e. The molecule has 0 aromatic heterocycles. The number of aryl methyl sites for hydroxylation is 2. The van der Waals surface area contributed by atoms with E-state index in [2.05, 4.69) is 80.8 Å². The number of benzene rings is 3. The molecule has 0 aliphatic carbocycles. The summed E-state index contributed by atoms with van der Waals surface area (Å²) in [6.07, 6.45) is 3.15. The van der Waals surface area contributed by atoms with Crippen molar-refractivity contribution in [2.45, 2.75) is 40.0 Å². The molecule has 0 bridgehead atoms. The van der Waals surface area contributed by atoms with Crippen molar-refractivity contribution < 1.29 is 4.74 Å². The Balaban J connectivity index is 1.71. The third-order valence-corrected chi connectivity index (χ3v) is 5.45. The number of hydrazone groups is 1. The lowest BCUT2D eigenvalue weighted by atomic mass is 9.98. The number of aliphatic imine (C=N–C) groups is 1. The summed E-state index contributed by atoms with van der Waals surface area (Å²) in [5.74, 6) is 1.64. The largest absolute Gasteiger partial charge is 0.494 e. The van der Waals surface area contributed by atoms with Gasteiger partial charge in [-0.2, -0.15) is 5.10 Å². The lowest BCUT2D eigenvalue weighted by Crippen LogP contribution is -2.19. The van der Waals surface area contributed by atoms with Crippen LogP contribution in [0.5, 0.6) is 5.75 Å². The second kappa shape index (κ2) is 9.61. The molecule has 158 valence electrons. The molecule has 4 nitrogen and oxygen atoms in total. The maximum atomic E-state index is 5.83. The summed E-state index contributed by atoms with van der Waals surface area (Å²) >= 11 is 0. The summed E-state index contributed by atoms with van der Waals surface area (Å²) < 4.78 is 5.83. The smallest absolute Gasteiger partial charge is 0.154 e. The van der Waals surface area contributed by atoms with E-state index in [0.717, 1.165) is 65.5 Å². The molecule has 0 fully saturated rings. The fourth-order valence-electron chi connectivity index (χ4n) is 3.51. The van der Waals surface area contributed by atoms with Crippen molar-refractivity contribution in [1.82, 2.24) is 5.43 Å². The predicted octanol–water partition coefficient (Wildman–Crippen LogP) is 6.17. The normalized spacial score (nSPS) is 12.9. The van der Waals surface area contributed by atoms with Crippen LogP contribution in [0.15, 0.2) is 76.8 Å². The van der Waals surface area contributed by atoms with Gasteiger partial charge in [0.2, 0.25) is 0 Å². The highest BCUT2D eigenvalue weighted by molar-refractivity contribution is 6.18. The van der Waals surface area contributed by atoms with E-state index in [1.165, 1.54) is 11.1 Å². The molecule has 0 amide bonds. The molecule has 0 atom stereocenters. The molecule has 1 aliphatic heterocycles. The Bertz CT molecular complexity index is 1100. The molecule has 0 radical (unpaired) electrons. The van der Waals surface area contributed by atoms with Crippen LogP contribution in [-0.4, -0.2) is 18.2 Å². The molecular formula is C27H29N3O. The van der Waals surface area contributed by atoms with Gasteiger partial charge in [0.25, 0.3) is 0 Å². The molecule has 4 heteroatoms. The van der Waals surface area contributed by atoms with Crippen LogP contribution in [0.25, 0.3) is 0 Å². The summed E-state index contributed by atoms with van der Waals surface area (Å²) in [6.45, 7) is 7.16. The summed E-state index contributed by atoms with van der Waals surface area (Å²) in [5.41, 5.74) is 10.6. The van der Waals surface area contributed by atoms with Gasteiger partial charge in [-0.3, -0.25) is 5.43 Å². The molecule has 1 aliphatic rings. The molecule has 0 spiro atoms. The Morgan fingerprint density at radius 3 is 2.32 bits per heavy atom. The van der Waals surface area contributed by atoms with Crippen molar-refractivity contribution >= 4 is 17.2 Å². The second-order valence-corrected chi connectivity index (χ2v) is 7.83. The van der Waals surface area contributed by atoms with Gasteiger partial charge in [0.05, 0.1) is 18.0 Å². The molecule has 3 aromatic carbocycles. The number of nitrogens with one attached hydrogen (secondary N) is 1. The first kappa shape index (κ1) is 20.9. The highest BCUT2D eigenvalue weighted by Gasteiger charge is 2.18. The van der Waals surface area contributed by atoms with Gasteiger partial charge in [0, 0.05) is 16.7 Å². The van der Waals surface area contributed by atoms with Crippen LogP contribution in [0.1, 0.15) is 54.5 Å². The third-order valence-electron chi connectivity index (χ3n) is 5.45. The fraction of sp³-hybridized carbons (Fsp3) is 0.259. The maximum Gasteiger partial charge on any atom is 0.154 e. The van der Waals surface area contributed by atoms with Crippen molar-refractivity contribution in [3.8, 4) is 5.75 Å². The molecule has 31 heavy (non-hydrogen) atoms. The molecule has 0 unspecified atom stereocenters. The Morgan fingerprint density at radius 1 is 0.871 bits per heavy atom. The van der Waals surface area contributed by atoms with Crippen molar-refractivity contribution in [2.24, 2.45) is 10.1 Å². The number of nitrogens with zero attached hydrogens (tertiary/aromatic N) is 2. The molecule has 1 heterocycles. The summed E-state index contributed by atoms with van der Waals surface area (Å²) in [4.78, 5) is 4.92. The van der Waals surface area contributed by atoms with E-state index in [9.17, 15) is 0 Å². The fourth-order valence-corrected chi connectivity index (χ4v) is 3.51. The Morgan fingerprint density at radius 2 is 1.61 bits per heavy atom. The lowest BCUT2D eigenvalue weighted by molar-refractivity contribution is 0.309. The topological polar surface area (TPSA) is 46.0 Å². The van der Waals surface area contributed by atoms with E-state index in [4.69, 9.17) is 14.8 Å². The van der Waals surface area contributed by atoms with E-state index in [1.54, 1.807) is 0 Å². The zero-order chi connectivity index (χ0) is 21.6. The van der Waals surface area contributed by atoms with Crippen LogP contribution in [0.3, 0.4) is 0 Å². The highest BCUT2D eigenvalue weighted by Crippen LogP contribution is 2.28. The van der Waals surface area contributed by atoms with E-state index >= 15 is 0 Å². The van der Waals surface area contributed by atoms with Crippen molar-refractivity contribution in [3.63, 3.8) is 0 Å². The molecule has 0 saturated heterocycles. The van der Waals surface area contributed by atoms with Gasteiger partial charge in [-0.1, -0.05) is 56.2 Å². The summed E-state index contributed by atoms with van der Waals surface area (Å²) in [7, 11) is 0. The lowest BCUT2D eigenvalue weighted by Gasteiger charge is -2.11. The zero-order valence-electron chi connectivity index (χ0n) is 18.5. The van der Waals surface area contributed by atoms with Crippen molar-refractivity contribution in [1.29, 1.82) is 0 Å². The Labute approximate surface area is 184 Å². The maximum absolute atomic E-state index is 5.83. The number of hydrogen-bond acceptors (Lipinski definition) is 4. The number of amidine groups is 1. The van der Waals surface area contributed by atoms with E-state index in [0.29, 0.717) is 0 Å². The van der Waals surface area contributed by atoms with Gasteiger partial charge < -0.3 is 4.74 Å². The molecule has 4 rings (SSSR count). The van der Waals surface area contributed by atoms with Gasteiger partial charge >= 0.3 is 0 Å². The number of fused-ring (bicyclic) bond motifs is 1. The minimum atomic E-state index is 0.745. The summed E-state index contributed by atoms with van der Waals surface area (Å²) in [6, 6.07) is 22.9. The number of unbranched alkanes of at least 4 members (excludes halogenated alkanes) is 1. The first-order valence-corrected chi connectivity index (χ1v) is 11.0. The van der Waals surface area contributed by atoms with Crippen molar-refractivity contribution in [2.75, 3.05) is 6.61 Å². The van der Waals surface area contributed by atoms with Crippen LogP contribution in [0.2, 0.25) is 0 Å². The third kappa shape index (κ3) is 4.85. The number of hydrogen-bond donors (Lipinski definition) is 1. The zero-order valence-corrected chi connectivity index (χ0v) is 18.5. The molecular weight excluding hydrogens is 382 g/mol. The average Bonchev–Trinajstić information content (AvgIpc) is 2.99. The SMILES string of the molecule is CCCCOc1ccc(C2=NNC(c3ccc(C)cc3)=Nc3ccc(CC)cc32)cc1. The van der Waals surface area contributed by atoms with Crippen LogP contribution in [0.4, 0.5) is 5.69 Å². The molecule has 3 aromatic rings. The van der Waals surface area contributed by atoms with Crippen LogP contribution in [0, 0.1) is 6.92 Å². The van der Waals surface area contributed by atoms with Crippen LogP contribution < -0.4 is 10.2 Å². The Hall–Kier alpha value is -3.40. The standard InChI is InChI=1S/C27H29N3O/c1-4-6-17-31-23-14-12-21(13-15-23)26-24-18-20(5-2)9-16-25(24)28-27(30-29-26)22-10-7-19(3)8-11-22/h7-16,18H,4-6,17H2,1-3H3,(H,28,30). The van der Waals surface area contributed by atoms with E-state index in [1.807, 2.05) is 12.1 Å². The van der Waals surface area contributed by atoms with Crippen molar-refractivity contribution in [3.05, 3.63) is 94.5 Å². The van der Waals surface area contributed by atoms with E-state index in [-0.39, 0.29) is 0 Å². The van der Waals surface area contributed by atoms with Gasteiger partial charge in [-0.15, -0.1) is 0 Å². The van der Waals surface area contributed by atoms with Crippen LogP contribution >= 0.6 is 0 Å². The van der Waals surface area contributed by atoms with Crippen LogP contribution in [-0.2, 0) is 6.42 Å². The first-order valence-electron chi connectivity index (χ1n) is 11.0. The predicted molar refractivity (Wildman–Crippen MR) is 129 cm³/mol. The first-order chi connectivity index (χ1) is 15.2. The van der Waals surface area contributed by atoms with E-state index < -0.39 is 0 Å². The quantitative estimate of drug-likeness (QED) is 0.473. The average molecular weight is 412 g/mol. The molecule has 1 N–H and O–H groups in total. The number of rotatable bonds is 7. The van der Waals surface area contributed by atoms with Gasteiger partial charge in [0.1, 0.15) is 5.75 Å². The summed E-state index contributed by atoms with van der Waals surface area (Å²) in [5, 5.41) is 4.79. The molecule has 0 saturated carbocycles. The van der Waals surface area contributed by atoms with Gasteiger partial charge in [-0.05, 0) is 61.7 Å². The monoisotopic (exact) mass is 411 g/mol. The highest BCUT2D eigenvalue weighted by atomic mass is 16.5. The minimum absolute atomic E-state index is 0.745. The number of ether oxygens (including phenoxy) is 1. The van der Waals surface area contributed by atoms with Gasteiger partial charge in [-0.25, -0.2) is 4.99 Å². The van der Waals surface area contributed by atoms with Gasteiger partial charge in [0.15, 0.2) is 5.84 Å². The Kier molecular flexibility index (Phi) is 6.46. The second-order valence-electron chi connectivity index (χ2n) is 7.83.